The summed E-state index contributed by atoms with van der Waals surface area (Å²) in [4.78, 5) is 7.54. The van der Waals surface area contributed by atoms with Gasteiger partial charge in [0.25, 0.3) is 0 Å². The lowest BCUT2D eigenvalue weighted by molar-refractivity contribution is 0.669. The molecule has 0 spiro atoms. The third-order valence-corrected chi connectivity index (χ3v) is 9.73. The minimum absolute atomic E-state index is 0.577. The average molecular weight is 625 g/mol. The Bertz CT molecular complexity index is 3070. The van der Waals surface area contributed by atoms with Crippen LogP contribution in [0.4, 0.5) is 11.4 Å². The number of hydrogen-bond acceptors (Lipinski definition) is 1. The van der Waals surface area contributed by atoms with Crippen LogP contribution in [-0.4, -0.2) is 9.13 Å². The van der Waals surface area contributed by atoms with Gasteiger partial charge in [-0.05, 0) is 89.3 Å². The van der Waals surface area contributed by atoms with E-state index in [0.717, 1.165) is 88.1 Å². The predicted molar refractivity (Wildman–Crippen MR) is 200 cm³/mol. The van der Waals surface area contributed by atoms with Crippen molar-refractivity contribution in [1.29, 1.82) is 0 Å². The van der Waals surface area contributed by atoms with Crippen molar-refractivity contribution < 1.29 is 4.42 Å². The molecule has 0 atom stereocenters. The smallest absolute Gasteiger partial charge is 0.188 e. The van der Waals surface area contributed by atoms with Crippen LogP contribution < -0.4 is 0 Å². The molecule has 0 aliphatic heterocycles. The summed E-state index contributed by atoms with van der Waals surface area (Å²) in [6.45, 7) is 15.5. The molecule has 0 N–H and O–H groups in total. The van der Waals surface area contributed by atoms with Crippen LogP contribution in [0.25, 0.3) is 97.7 Å². The topological polar surface area (TPSA) is 31.7 Å². The van der Waals surface area contributed by atoms with Gasteiger partial charge in [0.1, 0.15) is 11.2 Å². The van der Waals surface area contributed by atoms with Crippen LogP contribution in [0.15, 0.2) is 150 Å². The zero-order valence-corrected chi connectivity index (χ0v) is 26.1. The first-order valence-corrected chi connectivity index (χ1v) is 16.1. The number of fused-ring (bicyclic) bond motifs is 10. The quantitative estimate of drug-likeness (QED) is 0.180. The fraction of sp³-hybridized carbons (Fsp3) is 0. The largest absolute Gasteiger partial charge is 0.456 e. The van der Waals surface area contributed by atoms with Gasteiger partial charge in [-0.15, -0.1) is 0 Å². The molecule has 0 radical (unpaired) electrons. The van der Waals surface area contributed by atoms with E-state index in [1.165, 1.54) is 0 Å². The molecule has 0 saturated carbocycles. The summed E-state index contributed by atoms with van der Waals surface area (Å²) in [6, 6.07) is 49.7. The van der Waals surface area contributed by atoms with E-state index in [1.54, 1.807) is 0 Å². The Morgan fingerprint density at radius 3 is 2.00 bits per heavy atom. The van der Waals surface area contributed by atoms with Crippen molar-refractivity contribution >= 4 is 76.9 Å². The second kappa shape index (κ2) is 10.2. The molecule has 0 fully saturated rings. The predicted octanol–water partition coefficient (Wildman–Crippen LogP) is 12.5. The summed E-state index contributed by atoms with van der Waals surface area (Å²) < 4.78 is 11.0. The fourth-order valence-corrected chi connectivity index (χ4v) is 7.64. The second-order valence-electron chi connectivity index (χ2n) is 12.3. The Hall–Kier alpha value is -7.08. The van der Waals surface area contributed by atoms with Crippen molar-refractivity contribution in [3.05, 3.63) is 168 Å². The third kappa shape index (κ3) is 3.85. The maximum atomic E-state index is 7.90. The molecule has 5 nitrogen and oxygen atoms in total. The van der Waals surface area contributed by atoms with Crippen LogP contribution in [0.2, 0.25) is 0 Å². The Kier molecular flexibility index (Phi) is 5.64. The fourth-order valence-electron chi connectivity index (χ4n) is 7.64. The molecule has 0 aliphatic carbocycles. The summed E-state index contributed by atoms with van der Waals surface area (Å²) in [5.74, 6) is 0. The second-order valence-corrected chi connectivity index (χ2v) is 12.3. The first kappa shape index (κ1) is 27.1. The standard InChI is InChI=1S/C44H24N4O/c1-45-28-17-21-38(48-37-14-8-6-12-31(37)36-26-29(46-2)18-22-40(36)48)34(25-28)27-16-20-39-35(24-27)32-19-23-42-43(33-13-7-9-15-41(33)49-42)44(32)47(39)30-10-4-3-5-11-30/h3-26H. The molecule has 0 aliphatic rings. The average Bonchev–Trinajstić information content (AvgIpc) is 3.82. The van der Waals surface area contributed by atoms with Gasteiger partial charge in [0.05, 0.1) is 46.3 Å². The van der Waals surface area contributed by atoms with Crippen molar-refractivity contribution in [3.8, 4) is 22.5 Å². The van der Waals surface area contributed by atoms with Gasteiger partial charge in [0, 0.05) is 27.2 Å². The number of para-hydroxylation sites is 3. The molecule has 5 heteroatoms. The number of hydrogen-bond donors (Lipinski definition) is 0. The first-order chi connectivity index (χ1) is 24.2. The molecule has 0 bridgehead atoms. The molecule has 7 aromatic carbocycles. The van der Waals surface area contributed by atoms with Gasteiger partial charge < -0.3 is 13.6 Å². The van der Waals surface area contributed by atoms with Crippen LogP contribution >= 0.6 is 0 Å². The van der Waals surface area contributed by atoms with Crippen molar-refractivity contribution in [3.63, 3.8) is 0 Å². The van der Waals surface area contributed by atoms with E-state index in [9.17, 15) is 0 Å². The van der Waals surface area contributed by atoms with Gasteiger partial charge >= 0.3 is 0 Å². The molecule has 10 rings (SSSR count). The van der Waals surface area contributed by atoms with E-state index in [-0.39, 0.29) is 0 Å². The monoisotopic (exact) mass is 624 g/mol. The highest BCUT2D eigenvalue weighted by Gasteiger charge is 2.21. The van der Waals surface area contributed by atoms with Gasteiger partial charge in [-0.3, -0.25) is 0 Å². The minimum atomic E-state index is 0.577. The van der Waals surface area contributed by atoms with E-state index >= 15 is 0 Å². The van der Waals surface area contributed by atoms with Crippen molar-refractivity contribution in [2.75, 3.05) is 0 Å². The zero-order chi connectivity index (χ0) is 32.6. The Balaban J connectivity index is 1.30. The van der Waals surface area contributed by atoms with E-state index in [0.29, 0.717) is 11.4 Å². The molecule has 3 aromatic heterocycles. The van der Waals surface area contributed by atoms with Crippen LogP contribution in [-0.2, 0) is 0 Å². The normalized spacial score (nSPS) is 11.6. The van der Waals surface area contributed by atoms with Gasteiger partial charge in [-0.1, -0.05) is 72.8 Å². The summed E-state index contributed by atoms with van der Waals surface area (Å²) in [6.07, 6.45) is 0. The van der Waals surface area contributed by atoms with E-state index in [2.05, 4.69) is 104 Å². The number of rotatable bonds is 3. The lowest BCUT2D eigenvalue weighted by Crippen LogP contribution is -1.97. The molecular formula is C44H24N4O. The highest BCUT2D eigenvalue weighted by molar-refractivity contribution is 6.25. The highest BCUT2D eigenvalue weighted by atomic mass is 16.3. The third-order valence-electron chi connectivity index (χ3n) is 9.73. The van der Waals surface area contributed by atoms with Gasteiger partial charge in [-0.25, -0.2) is 9.69 Å². The van der Waals surface area contributed by atoms with Gasteiger partial charge in [0.2, 0.25) is 0 Å². The van der Waals surface area contributed by atoms with E-state index in [1.807, 2.05) is 60.7 Å². The molecule has 0 saturated heterocycles. The molecule has 226 valence electrons. The Labute approximate surface area is 280 Å². The molecular weight excluding hydrogens is 601 g/mol. The lowest BCUT2D eigenvalue weighted by Gasteiger charge is -2.15. The zero-order valence-electron chi connectivity index (χ0n) is 26.1. The van der Waals surface area contributed by atoms with Crippen LogP contribution in [0, 0.1) is 13.1 Å². The molecule has 0 amide bonds. The Morgan fingerprint density at radius 1 is 0.469 bits per heavy atom. The number of furan rings is 1. The number of aromatic nitrogens is 2. The molecule has 10 aromatic rings. The number of benzene rings is 7. The summed E-state index contributed by atoms with van der Waals surface area (Å²) in [5.41, 5.74) is 11.2. The summed E-state index contributed by atoms with van der Waals surface area (Å²) in [7, 11) is 0. The summed E-state index contributed by atoms with van der Waals surface area (Å²) >= 11 is 0. The van der Waals surface area contributed by atoms with Crippen LogP contribution in [0.1, 0.15) is 0 Å². The van der Waals surface area contributed by atoms with Crippen molar-refractivity contribution in [1.82, 2.24) is 9.13 Å². The molecule has 3 heterocycles. The first-order valence-electron chi connectivity index (χ1n) is 16.1. The SMILES string of the molecule is [C-]#[N+]c1ccc(-n2c3ccccc3c3cc([N+]#[C-])ccc32)c(-c2ccc3c(c2)c2ccc4oc5ccccc5c4c2n3-c2ccccc2)c1. The van der Waals surface area contributed by atoms with Gasteiger partial charge in [0.15, 0.2) is 11.4 Å². The van der Waals surface area contributed by atoms with Gasteiger partial charge in [-0.2, -0.15) is 0 Å². The maximum Gasteiger partial charge on any atom is 0.188 e. The van der Waals surface area contributed by atoms with Crippen LogP contribution in [0.3, 0.4) is 0 Å². The lowest BCUT2D eigenvalue weighted by atomic mass is 9.99. The number of nitrogens with zero attached hydrogens (tertiary/aromatic N) is 4. The van der Waals surface area contributed by atoms with Crippen LogP contribution in [0.5, 0.6) is 0 Å². The maximum absolute atomic E-state index is 7.90. The summed E-state index contributed by atoms with van der Waals surface area (Å²) in [5, 5.41) is 6.54. The minimum Gasteiger partial charge on any atom is -0.456 e. The molecule has 0 unspecified atom stereocenters. The highest BCUT2D eigenvalue weighted by Crippen LogP contribution is 2.44. The van der Waals surface area contributed by atoms with E-state index < -0.39 is 0 Å². The Morgan fingerprint density at radius 2 is 1.14 bits per heavy atom. The van der Waals surface area contributed by atoms with Crippen molar-refractivity contribution in [2.45, 2.75) is 0 Å². The van der Waals surface area contributed by atoms with E-state index in [4.69, 9.17) is 17.6 Å². The molecule has 49 heavy (non-hydrogen) atoms. The van der Waals surface area contributed by atoms with Crippen molar-refractivity contribution in [2.24, 2.45) is 0 Å².